The summed E-state index contributed by atoms with van der Waals surface area (Å²) in [6.07, 6.45) is 0.223. The standard InChI is InChI=1S/C20H24O4/c1-4-16(2)22-15-20(3,17-11-7-5-8-12-17)24-19(21)23-18-13-9-6-10-14-18/h5-14,16H,4,15H2,1-3H3. The molecule has 0 aliphatic carbocycles. The zero-order chi connectivity index (χ0) is 17.4. The number of carbonyl (C=O) groups is 1. The number of rotatable bonds is 7. The van der Waals surface area contributed by atoms with E-state index in [4.69, 9.17) is 14.2 Å². The Labute approximate surface area is 143 Å². The molecule has 0 saturated heterocycles. The predicted molar refractivity (Wildman–Crippen MR) is 93.1 cm³/mol. The van der Waals surface area contributed by atoms with Crippen molar-refractivity contribution >= 4 is 6.16 Å². The molecule has 128 valence electrons. The SMILES string of the molecule is CCC(C)OCC(C)(OC(=O)Oc1ccccc1)c1ccccc1. The molecule has 0 aromatic heterocycles. The summed E-state index contributed by atoms with van der Waals surface area (Å²) in [4.78, 5) is 12.2. The Kier molecular flexibility index (Phi) is 6.38. The van der Waals surface area contributed by atoms with Gasteiger partial charge in [-0.25, -0.2) is 4.79 Å². The first-order valence-electron chi connectivity index (χ1n) is 8.16. The molecule has 0 aliphatic heterocycles. The van der Waals surface area contributed by atoms with Crippen molar-refractivity contribution in [1.29, 1.82) is 0 Å². The molecular weight excluding hydrogens is 304 g/mol. The molecule has 0 heterocycles. The minimum atomic E-state index is -0.920. The number of ether oxygens (including phenoxy) is 3. The lowest BCUT2D eigenvalue weighted by Crippen LogP contribution is -2.36. The summed E-state index contributed by atoms with van der Waals surface area (Å²) in [7, 11) is 0. The normalized spacial score (nSPS) is 14.5. The number of hydrogen-bond donors (Lipinski definition) is 0. The summed E-state index contributed by atoms with van der Waals surface area (Å²) in [6, 6.07) is 18.4. The van der Waals surface area contributed by atoms with Gasteiger partial charge in [0.2, 0.25) is 0 Å². The van der Waals surface area contributed by atoms with Crippen LogP contribution in [0.4, 0.5) is 4.79 Å². The molecule has 0 amide bonds. The zero-order valence-corrected chi connectivity index (χ0v) is 14.4. The van der Waals surface area contributed by atoms with Gasteiger partial charge >= 0.3 is 6.16 Å². The van der Waals surface area contributed by atoms with Crippen molar-refractivity contribution in [1.82, 2.24) is 0 Å². The molecule has 0 radical (unpaired) electrons. The zero-order valence-electron chi connectivity index (χ0n) is 14.4. The van der Waals surface area contributed by atoms with E-state index in [1.54, 1.807) is 24.3 Å². The number of para-hydroxylation sites is 1. The van der Waals surface area contributed by atoms with Gasteiger partial charge in [-0.2, -0.15) is 0 Å². The van der Waals surface area contributed by atoms with Gasteiger partial charge in [0.05, 0.1) is 12.7 Å². The van der Waals surface area contributed by atoms with E-state index in [2.05, 4.69) is 6.92 Å². The average molecular weight is 328 g/mol. The van der Waals surface area contributed by atoms with Gasteiger partial charge in [-0.05, 0) is 38.0 Å². The minimum Gasteiger partial charge on any atom is -0.420 e. The monoisotopic (exact) mass is 328 g/mol. The predicted octanol–water partition coefficient (Wildman–Crippen LogP) is 4.93. The highest BCUT2D eigenvalue weighted by Gasteiger charge is 2.33. The molecule has 2 atom stereocenters. The number of hydrogen-bond acceptors (Lipinski definition) is 4. The van der Waals surface area contributed by atoms with Crippen molar-refractivity contribution in [2.24, 2.45) is 0 Å². The Bertz CT molecular complexity index is 627. The van der Waals surface area contributed by atoms with Crippen LogP contribution in [0.5, 0.6) is 5.75 Å². The third kappa shape index (κ3) is 5.10. The summed E-state index contributed by atoms with van der Waals surface area (Å²) in [5.74, 6) is 0.445. The molecule has 0 bridgehead atoms. The van der Waals surface area contributed by atoms with Crippen LogP contribution < -0.4 is 4.74 Å². The van der Waals surface area contributed by atoms with Gasteiger partial charge in [-0.3, -0.25) is 0 Å². The second-order valence-electron chi connectivity index (χ2n) is 5.89. The summed E-state index contributed by atoms with van der Waals surface area (Å²) >= 11 is 0. The quantitative estimate of drug-likeness (QED) is 0.534. The Morgan fingerprint density at radius 3 is 2.21 bits per heavy atom. The van der Waals surface area contributed by atoms with Crippen LogP contribution in [0.25, 0.3) is 0 Å². The van der Waals surface area contributed by atoms with Crippen molar-refractivity contribution in [3.8, 4) is 5.75 Å². The maximum Gasteiger partial charge on any atom is 0.514 e. The van der Waals surface area contributed by atoms with Crippen LogP contribution in [-0.4, -0.2) is 18.9 Å². The maximum atomic E-state index is 12.2. The molecule has 2 rings (SSSR count). The second-order valence-corrected chi connectivity index (χ2v) is 5.89. The number of benzene rings is 2. The van der Waals surface area contributed by atoms with E-state index in [-0.39, 0.29) is 12.7 Å². The Hall–Kier alpha value is -2.33. The fraction of sp³-hybridized carbons (Fsp3) is 0.350. The van der Waals surface area contributed by atoms with Crippen LogP contribution in [-0.2, 0) is 15.1 Å². The molecule has 0 spiro atoms. The Balaban J connectivity index is 2.11. The third-order valence-electron chi connectivity index (χ3n) is 3.86. The molecular formula is C20H24O4. The van der Waals surface area contributed by atoms with Crippen molar-refractivity contribution < 1.29 is 19.0 Å². The fourth-order valence-corrected chi connectivity index (χ4v) is 2.17. The summed E-state index contributed by atoms with van der Waals surface area (Å²) in [6.45, 7) is 6.13. The molecule has 0 aliphatic rings. The van der Waals surface area contributed by atoms with Gasteiger partial charge in [-0.1, -0.05) is 55.5 Å². The lowest BCUT2D eigenvalue weighted by atomic mass is 9.96. The lowest BCUT2D eigenvalue weighted by molar-refractivity contribution is -0.0809. The minimum absolute atomic E-state index is 0.0850. The van der Waals surface area contributed by atoms with E-state index in [1.165, 1.54) is 0 Å². The highest BCUT2D eigenvalue weighted by Crippen LogP contribution is 2.27. The first-order chi connectivity index (χ1) is 11.5. The fourth-order valence-electron chi connectivity index (χ4n) is 2.17. The summed E-state index contributed by atoms with van der Waals surface area (Å²) < 4.78 is 16.7. The van der Waals surface area contributed by atoms with Gasteiger partial charge in [-0.15, -0.1) is 0 Å². The summed E-state index contributed by atoms with van der Waals surface area (Å²) in [5, 5.41) is 0. The van der Waals surface area contributed by atoms with Crippen molar-refractivity contribution in [2.75, 3.05) is 6.61 Å². The number of carbonyl (C=O) groups excluding carboxylic acids is 1. The van der Waals surface area contributed by atoms with E-state index in [0.717, 1.165) is 12.0 Å². The van der Waals surface area contributed by atoms with Gasteiger partial charge in [0, 0.05) is 0 Å². The molecule has 2 aromatic carbocycles. The van der Waals surface area contributed by atoms with Gasteiger partial charge in [0.1, 0.15) is 5.75 Å². The molecule has 0 N–H and O–H groups in total. The highest BCUT2D eigenvalue weighted by atomic mass is 16.7. The largest absolute Gasteiger partial charge is 0.514 e. The average Bonchev–Trinajstić information content (AvgIpc) is 2.61. The molecule has 24 heavy (non-hydrogen) atoms. The van der Waals surface area contributed by atoms with E-state index in [9.17, 15) is 4.79 Å². The Morgan fingerprint density at radius 2 is 1.62 bits per heavy atom. The van der Waals surface area contributed by atoms with Gasteiger partial charge < -0.3 is 14.2 Å². The summed E-state index contributed by atoms with van der Waals surface area (Å²) in [5.41, 5.74) is -0.0605. The smallest absolute Gasteiger partial charge is 0.420 e. The van der Waals surface area contributed by atoms with Crippen LogP contribution in [0.1, 0.15) is 32.8 Å². The van der Waals surface area contributed by atoms with Crippen LogP contribution in [0, 0.1) is 0 Å². The van der Waals surface area contributed by atoms with Gasteiger partial charge in [0.15, 0.2) is 5.60 Å². The third-order valence-corrected chi connectivity index (χ3v) is 3.86. The Morgan fingerprint density at radius 1 is 1.04 bits per heavy atom. The lowest BCUT2D eigenvalue weighted by Gasteiger charge is -2.30. The molecule has 4 heteroatoms. The van der Waals surface area contributed by atoms with E-state index in [0.29, 0.717) is 5.75 Å². The van der Waals surface area contributed by atoms with Crippen molar-refractivity contribution in [2.45, 2.75) is 38.9 Å². The van der Waals surface area contributed by atoms with Crippen LogP contribution in [0.2, 0.25) is 0 Å². The first-order valence-corrected chi connectivity index (χ1v) is 8.16. The molecule has 0 fully saturated rings. The van der Waals surface area contributed by atoms with Crippen LogP contribution in [0.15, 0.2) is 60.7 Å². The van der Waals surface area contributed by atoms with Crippen molar-refractivity contribution in [3.05, 3.63) is 66.2 Å². The van der Waals surface area contributed by atoms with Crippen molar-refractivity contribution in [3.63, 3.8) is 0 Å². The first kappa shape index (κ1) is 18.0. The molecule has 2 aromatic rings. The van der Waals surface area contributed by atoms with Gasteiger partial charge in [0.25, 0.3) is 0 Å². The highest BCUT2D eigenvalue weighted by molar-refractivity contribution is 5.64. The van der Waals surface area contributed by atoms with Crippen LogP contribution >= 0.6 is 0 Å². The maximum absolute atomic E-state index is 12.2. The molecule has 4 nitrogen and oxygen atoms in total. The molecule has 2 unspecified atom stereocenters. The van der Waals surface area contributed by atoms with E-state index < -0.39 is 11.8 Å². The molecule has 0 saturated carbocycles. The second kappa shape index (κ2) is 8.50. The topological polar surface area (TPSA) is 44.8 Å². The van der Waals surface area contributed by atoms with E-state index >= 15 is 0 Å². The van der Waals surface area contributed by atoms with Crippen LogP contribution in [0.3, 0.4) is 0 Å². The van der Waals surface area contributed by atoms with E-state index in [1.807, 2.05) is 50.2 Å².